The summed E-state index contributed by atoms with van der Waals surface area (Å²) in [6, 6.07) is 30.7. The lowest BCUT2D eigenvalue weighted by atomic mass is 9.75. The minimum absolute atomic E-state index is 0.0102. The third-order valence-corrected chi connectivity index (χ3v) is 11.9. The van der Waals surface area contributed by atoms with Gasteiger partial charge in [0, 0.05) is 0 Å². The highest BCUT2D eigenvalue weighted by Crippen LogP contribution is 2.39. The van der Waals surface area contributed by atoms with Gasteiger partial charge in [-0.1, -0.05) is 112 Å². The maximum atomic E-state index is 12.9. The molecule has 5 heteroatoms. The maximum absolute atomic E-state index is 12.9. The Balaban J connectivity index is 1.74. The molecular weight excluding hydrogens is 436 g/mol. The SMILES string of the molecule is CC(C)(C)[Si](C)(C)OC[C@H]1NC(=O)C1NC(c1ccccc1)(c1ccccc1)c1ccccc1. The topological polar surface area (TPSA) is 50.4 Å². The zero-order chi connectivity index (χ0) is 24.4. The second-order valence-electron chi connectivity index (χ2n) is 10.7. The van der Waals surface area contributed by atoms with Crippen LogP contribution < -0.4 is 10.6 Å². The van der Waals surface area contributed by atoms with Gasteiger partial charge >= 0.3 is 0 Å². The third kappa shape index (κ3) is 4.60. The maximum Gasteiger partial charge on any atom is 0.239 e. The molecule has 0 saturated carbocycles. The molecule has 178 valence electrons. The molecule has 0 aliphatic carbocycles. The fraction of sp³-hybridized carbons (Fsp3) is 0.345. The normalized spacial score (nSPS) is 18.8. The average molecular weight is 473 g/mol. The van der Waals surface area contributed by atoms with E-state index in [-0.39, 0.29) is 23.0 Å². The van der Waals surface area contributed by atoms with Crippen LogP contribution in [0.25, 0.3) is 0 Å². The van der Waals surface area contributed by atoms with Gasteiger partial charge in [0.2, 0.25) is 5.91 Å². The van der Waals surface area contributed by atoms with Crippen molar-refractivity contribution in [1.82, 2.24) is 10.6 Å². The van der Waals surface area contributed by atoms with E-state index in [0.717, 1.165) is 16.7 Å². The zero-order valence-corrected chi connectivity index (χ0v) is 21.8. The molecular formula is C29H36N2O2Si. The Kier molecular flexibility index (Phi) is 6.81. The first kappa shape index (κ1) is 24.4. The summed E-state index contributed by atoms with van der Waals surface area (Å²) in [5.74, 6) is 0.0102. The Hall–Kier alpha value is -2.73. The van der Waals surface area contributed by atoms with Crippen LogP contribution in [-0.2, 0) is 14.8 Å². The Bertz CT molecular complexity index is 999. The van der Waals surface area contributed by atoms with E-state index in [2.05, 4.69) is 117 Å². The molecule has 0 radical (unpaired) electrons. The van der Waals surface area contributed by atoms with Gasteiger partial charge in [-0.15, -0.1) is 0 Å². The number of carbonyl (C=O) groups excluding carboxylic acids is 1. The molecule has 2 N–H and O–H groups in total. The minimum Gasteiger partial charge on any atom is -0.415 e. The smallest absolute Gasteiger partial charge is 0.239 e. The minimum atomic E-state index is -1.93. The second kappa shape index (κ2) is 9.49. The van der Waals surface area contributed by atoms with Crippen LogP contribution in [0, 0.1) is 0 Å². The van der Waals surface area contributed by atoms with E-state index in [0.29, 0.717) is 6.61 Å². The molecule has 4 rings (SSSR count). The van der Waals surface area contributed by atoms with Crippen molar-refractivity contribution in [3.05, 3.63) is 108 Å². The van der Waals surface area contributed by atoms with E-state index in [9.17, 15) is 4.79 Å². The number of hydrogen-bond donors (Lipinski definition) is 2. The summed E-state index contributed by atoms with van der Waals surface area (Å²) in [5.41, 5.74) is 2.60. The fourth-order valence-electron chi connectivity index (χ4n) is 4.31. The Morgan fingerprint density at radius 1 is 0.794 bits per heavy atom. The monoisotopic (exact) mass is 472 g/mol. The van der Waals surface area contributed by atoms with Gasteiger partial charge in [0.1, 0.15) is 6.04 Å². The molecule has 2 atom stereocenters. The molecule has 1 amide bonds. The number of rotatable bonds is 8. The highest BCUT2D eigenvalue weighted by atomic mass is 28.4. The summed E-state index contributed by atoms with van der Waals surface area (Å²) < 4.78 is 6.49. The summed E-state index contributed by atoms with van der Waals surface area (Å²) in [5, 5.41) is 7.02. The van der Waals surface area contributed by atoms with Crippen molar-refractivity contribution >= 4 is 14.2 Å². The van der Waals surface area contributed by atoms with Crippen molar-refractivity contribution < 1.29 is 9.22 Å². The van der Waals surface area contributed by atoms with Crippen molar-refractivity contribution in [1.29, 1.82) is 0 Å². The molecule has 0 spiro atoms. The molecule has 4 nitrogen and oxygen atoms in total. The highest BCUT2D eigenvalue weighted by Gasteiger charge is 2.48. The quantitative estimate of drug-likeness (QED) is 0.260. The van der Waals surface area contributed by atoms with E-state index in [1.807, 2.05) is 18.2 Å². The summed E-state index contributed by atoms with van der Waals surface area (Å²) >= 11 is 0. The highest BCUT2D eigenvalue weighted by molar-refractivity contribution is 6.74. The molecule has 3 aromatic carbocycles. The molecule has 0 bridgehead atoms. The van der Waals surface area contributed by atoms with Crippen LogP contribution in [0.1, 0.15) is 37.5 Å². The number of nitrogens with one attached hydrogen (secondary N) is 2. The molecule has 1 saturated heterocycles. The molecule has 34 heavy (non-hydrogen) atoms. The van der Waals surface area contributed by atoms with E-state index in [4.69, 9.17) is 4.43 Å². The van der Waals surface area contributed by atoms with E-state index < -0.39 is 13.9 Å². The van der Waals surface area contributed by atoms with Crippen molar-refractivity contribution in [3.8, 4) is 0 Å². The number of amides is 1. The summed E-state index contributed by atoms with van der Waals surface area (Å²) in [6.45, 7) is 11.7. The van der Waals surface area contributed by atoms with Crippen LogP contribution in [0.3, 0.4) is 0 Å². The largest absolute Gasteiger partial charge is 0.415 e. The van der Waals surface area contributed by atoms with Gasteiger partial charge in [-0.05, 0) is 34.8 Å². The summed E-state index contributed by atoms with van der Waals surface area (Å²) in [6.07, 6.45) is 0. The van der Waals surface area contributed by atoms with Gasteiger partial charge in [0.25, 0.3) is 0 Å². The van der Waals surface area contributed by atoms with Crippen LogP contribution in [0.5, 0.6) is 0 Å². The number of β-lactam (4-membered cyclic amide) rings is 1. The van der Waals surface area contributed by atoms with Crippen LogP contribution in [0.4, 0.5) is 0 Å². The van der Waals surface area contributed by atoms with Crippen molar-refractivity contribution in [2.75, 3.05) is 6.61 Å². The van der Waals surface area contributed by atoms with E-state index >= 15 is 0 Å². The standard InChI is InChI=1S/C29H36N2O2Si/c1-28(2,3)34(4,5)33-21-25-26(27(32)30-25)31-29(22-15-9-6-10-16-22,23-17-11-7-12-18-23)24-19-13-8-14-20-24/h6-20,25-26,31H,21H2,1-5H3,(H,30,32)/t25-,26?/m1/s1. The number of carbonyl (C=O) groups is 1. The Labute approximate surface area is 204 Å². The fourth-order valence-corrected chi connectivity index (χ4v) is 5.34. The lowest BCUT2D eigenvalue weighted by molar-refractivity contribution is -0.133. The average Bonchev–Trinajstić information content (AvgIpc) is 2.83. The first-order valence-electron chi connectivity index (χ1n) is 12.0. The molecule has 1 aliphatic heterocycles. The van der Waals surface area contributed by atoms with Gasteiger partial charge in [-0.3, -0.25) is 10.1 Å². The van der Waals surface area contributed by atoms with Crippen molar-refractivity contribution in [2.45, 2.75) is 56.5 Å². The molecule has 1 aliphatic rings. The zero-order valence-electron chi connectivity index (χ0n) is 20.8. The second-order valence-corrected chi connectivity index (χ2v) is 15.5. The third-order valence-electron chi connectivity index (χ3n) is 7.43. The lowest BCUT2D eigenvalue weighted by Gasteiger charge is -2.47. The Morgan fingerprint density at radius 2 is 1.21 bits per heavy atom. The first-order chi connectivity index (χ1) is 16.1. The summed E-state index contributed by atoms with van der Waals surface area (Å²) in [4.78, 5) is 12.9. The molecule has 1 heterocycles. The van der Waals surface area contributed by atoms with Crippen LogP contribution >= 0.6 is 0 Å². The van der Waals surface area contributed by atoms with Gasteiger partial charge in [-0.25, -0.2) is 0 Å². The van der Waals surface area contributed by atoms with E-state index in [1.165, 1.54) is 0 Å². The van der Waals surface area contributed by atoms with Crippen LogP contribution in [0.2, 0.25) is 18.1 Å². The van der Waals surface area contributed by atoms with E-state index in [1.54, 1.807) is 0 Å². The van der Waals surface area contributed by atoms with Crippen molar-refractivity contribution in [3.63, 3.8) is 0 Å². The lowest BCUT2D eigenvalue weighted by Crippen LogP contribution is -2.73. The van der Waals surface area contributed by atoms with Gasteiger partial charge in [0.05, 0.1) is 18.2 Å². The predicted molar refractivity (Wildman–Crippen MR) is 141 cm³/mol. The first-order valence-corrected chi connectivity index (χ1v) is 14.9. The Morgan fingerprint density at radius 3 is 1.56 bits per heavy atom. The number of hydrogen-bond acceptors (Lipinski definition) is 3. The van der Waals surface area contributed by atoms with Gasteiger partial charge < -0.3 is 9.74 Å². The van der Waals surface area contributed by atoms with Crippen molar-refractivity contribution in [2.24, 2.45) is 0 Å². The van der Waals surface area contributed by atoms with Crippen LogP contribution in [0.15, 0.2) is 91.0 Å². The molecule has 0 aromatic heterocycles. The predicted octanol–water partition coefficient (Wildman–Crippen LogP) is 5.46. The van der Waals surface area contributed by atoms with Gasteiger partial charge in [-0.2, -0.15) is 0 Å². The number of benzene rings is 3. The molecule has 1 fully saturated rings. The summed E-state index contributed by atoms with van der Waals surface area (Å²) in [7, 11) is -1.93. The molecule has 3 aromatic rings. The molecule has 1 unspecified atom stereocenters. The van der Waals surface area contributed by atoms with Crippen LogP contribution in [-0.4, -0.2) is 32.9 Å². The van der Waals surface area contributed by atoms with Gasteiger partial charge in [0.15, 0.2) is 8.32 Å².